The van der Waals surface area contributed by atoms with Crippen LogP contribution in [-0.2, 0) is 13.1 Å². The van der Waals surface area contributed by atoms with E-state index in [9.17, 15) is 4.39 Å². The van der Waals surface area contributed by atoms with Gasteiger partial charge in [0.25, 0.3) is 0 Å². The van der Waals surface area contributed by atoms with Gasteiger partial charge >= 0.3 is 0 Å². The molecule has 19 heavy (non-hydrogen) atoms. The van der Waals surface area contributed by atoms with Crippen LogP contribution in [0.25, 0.3) is 0 Å². The van der Waals surface area contributed by atoms with Crippen LogP contribution < -0.4 is 5.32 Å². The highest BCUT2D eigenvalue weighted by Crippen LogP contribution is 2.16. The second-order valence-electron chi connectivity index (χ2n) is 4.60. The molecule has 0 amide bonds. The van der Waals surface area contributed by atoms with Crippen LogP contribution in [-0.4, -0.2) is 11.1 Å². The van der Waals surface area contributed by atoms with Gasteiger partial charge in [0.1, 0.15) is 5.82 Å². The summed E-state index contributed by atoms with van der Waals surface area (Å²) in [5.74, 6) is -0.219. The lowest BCUT2D eigenvalue weighted by Gasteiger charge is -2.05. The zero-order valence-electron chi connectivity index (χ0n) is 11.0. The summed E-state index contributed by atoms with van der Waals surface area (Å²) in [7, 11) is 0. The zero-order chi connectivity index (χ0) is 13.7. The number of nitrogens with zero attached hydrogens (tertiary/aromatic N) is 1. The molecular weight excluding hydrogens is 263 g/mol. The number of rotatable bonds is 6. The summed E-state index contributed by atoms with van der Waals surface area (Å²) >= 11 is 5.89. The second-order valence-corrected chi connectivity index (χ2v) is 5.04. The molecule has 0 radical (unpaired) electrons. The van der Waals surface area contributed by atoms with Gasteiger partial charge in [0.05, 0.1) is 0 Å². The Labute approximate surface area is 118 Å². The summed E-state index contributed by atoms with van der Waals surface area (Å²) in [6, 6.07) is 6.69. The maximum Gasteiger partial charge on any atom is 0.128 e. The lowest BCUT2D eigenvalue weighted by Crippen LogP contribution is -2.13. The molecule has 0 saturated heterocycles. The number of benzene rings is 1. The van der Waals surface area contributed by atoms with Crippen molar-refractivity contribution in [2.75, 3.05) is 6.54 Å². The molecule has 2 aromatic rings. The Morgan fingerprint density at radius 2 is 2.16 bits per heavy atom. The standard InChI is InChI=1S/C15H18ClFN2/c1-2-6-18-9-12-5-7-19(10-12)11-13-8-14(16)3-4-15(13)17/h3-5,7-8,10,18H,2,6,9,11H2,1H3. The van der Waals surface area contributed by atoms with Crippen molar-refractivity contribution < 1.29 is 4.39 Å². The highest BCUT2D eigenvalue weighted by Gasteiger charge is 2.04. The van der Waals surface area contributed by atoms with Crippen LogP contribution in [0.2, 0.25) is 5.02 Å². The molecule has 0 bridgehead atoms. The molecule has 1 N–H and O–H groups in total. The summed E-state index contributed by atoms with van der Waals surface area (Å²) in [6.07, 6.45) is 5.11. The van der Waals surface area contributed by atoms with Crippen molar-refractivity contribution in [3.8, 4) is 0 Å². The molecule has 1 heterocycles. The van der Waals surface area contributed by atoms with E-state index >= 15 is 0 Å². The third-order valence-corrected chi connectivity index (χ3v) is 3.16. The minimum atomic E-state index is -0.219. The first-order valence-corrected chi connectivity index (χ1v) is 6.86. The van der Waals surface area contributed by atoms with Crippen LogP contribution in [0, 0.1) is 5.82 Å². The van der Waals surface area contributed by atoms with E-state index in [0.29, 0.717) is 17.1 Å². The van der Waals surface area contributed by atoms with Gasteiger partial charge in [0, 0.05) is 36.1 Å². The lowest BCUT2D eigenvalue weighted by molar-refractivity contribution is 0.599. The number of halogens is 2. The van der Waals surface area contributed by atoms with E-state index in [0.717, 1.165) is 19.5 Å². The number of hydrogen-bond acceptors (Lipinski definition) is 1. The van der Waals surface area contributed by atoms with Crippen molar-refractivity contribution in [2.45, 2.75) is 26.4 Å². The molecule has 102 valence electrons. The first kappa shape index (κ1) is 14.1. The van der Waals surface area contributed by atoms with E-state index in [2.05, 4.69) is 12.2 Å². The van der Waals surface area contributed by atoms with Gasteiger partial charge in [-0.1, -0.05) is 18.5 Å². The summed E-state index contributed by atoms with van der Waals surface area (Å²) in [4.78, 5) is 0. The fourth-order valence-corrected chi connectivity index (χ4v) is 2.16. The second kappa shape index (κ2) is 6.73. The third kappa shape index (κ3) is 4.08. The molecule has 1 aromatic carbocycles. The third-order valence-electron chi connectivity index (χ3n) is 2.93. The van der Waals surface area contributed by atoms with Crippen LogP contribution in [0.15, 0.2) is 36.7 Å². The van der Waals surface area contributed by atoms with Gasteiger partial charge in [0.2, 0.25) is 0 Å². The van der Waals surface area contributed by atoms with Crippen LogP contribution in [0.3, 0.4) is 0 Å². The lowest BCUT2D eigenvalue weighted by atomic mass is 10.2. The zero-order valence-corrected chi connectivity index (χ0v) is 11.8. The van der Waals surface area contributed by atoms with E-state index in [1.807, 2.05) is 23.0 Å². The summed E-state index contributed by atoms with van der Waals surface area (Å²) in [6.45, 7) is 4.49. The number of aromatic nitrogens is 1. The fourth-order valence-electron chi connectivity index (χ4n) is 1.96. The smallest absolute Gasteiger partial charge is 0.128 e. The molecule has 2 nitrogen and oxygen atoms in total. The average Bonchev–Trinajstić information content (AvgIpc) is 2.82. The Kier molecular flexibility index (Phi) is 5.00. The molecule has 0 unspecified atom stereocenters. The van der Waals surface area contributed by atoms with Crippen LogP contribution in [0.1, 0.15) is 24.5 Å². The largest absolute Gasteiger partial charge is 0.349 e. The molecule has 2 rings (SSSR count). The van der Waals surface area contributed by atoms with E-state index in [4.69, 9.17) is 11.6 Å². The summed E-state index contributed by atoms with van der Waals surface area (Å²) < 4.78 is 15.6. The molecule has 0 aliphatic carbocycles. The van der Waals surface area contributed by atoms with Crippen molar-refractivity contribution in [3.63, 3.8) is 0 Å². The first-order valence-electron chi connectivity index (χ1n) is 6.48. The van der Waals surface area contributed by atoms with Gasteiger partial charge in [-0.3, -0.25) is 0 Å². The fraction of sp³-hybridized carbons (Fsp3) is 0.333. The van der Waals surface area contributed by atoms with Gasteiger partial charge in [-0.2, -0.15) is 0 Å². The van der Waals surface area contributed by atoms with Crippen molar-refractivity contribution in [3.05, 3.63) is 58.6 Å². The Bertz CT molecular complexity index is 537. The molecule has 4 heteroatoms. The maximum absolute atomic E-state index is 13.6. The highest BCUT2D eigenvalue weighted by molar-refractivity contribution is 6.30. The predicted octanol–water partition coefficient (Wildman–Crippen LogP) is 3.83. The first-order chi connectivity index (χ1) is 9.19. The maximum atomic E-state index is 13.6. The van der Waals surface area contributed by atoms with E-state index < -0.39 is 0 Å². The van der Waals surface area contributed by atoms with Crippen LogP contribution >= 0.6 is 11.6 Å². The summed E-state index contributed by atoms with van der Waals surface area (Å²) in [5, 5.41) is 3.90. The van der Waals surface area contributed by atoms with Gasteiger partial charge in [-0.05, 0) is 42.8 Å². The molecule has 1 aromatic heterocycles. The van der Waals surface area contributed by atoms with Crippen molar-refractivity contribution in [1.29, 1.82) is 0 Å². The molecule has 0 atom stereocenters. The topological polar surface area (TPSA) is 17.0 Å². The minimum Gasteiger partial charge on any atom is -0.349 e. The quantitative estimate of drug-likeness (QED) is 0.796. The van der Waals surface area contributed by atoms with Crippen molar-refractivity contribution in [1.82, 2.24) is 9.88 Å². The van der Waals surface area contributed by atoms with Gasteiger partial charge in [-0.25, -0.2) is 4.39 Å². The number of hydrogen-bond donors (Lipinski definition) is 1. The van der Waals surface area contributed by atoms with Crippen LogP contribution in [0.4, 0.5) is 4.39 Å². The minimum absolute atomic E-state index is 0.219. The molecular formula is C15H18ClFN2. The highest BCUT2D eigenvalue weighted by atomic mass is 35.5. The molecule has 0 aliphatic heterocycles. The Hall–Kier alpha value is -1.32. The van der Waals surface area contributed by atoms with E-state index in [-0.39, 0.29) is 5.82 Å². The van der Waals surface area contributed by atoms with Gasteiger partial charge < -0.3 is 9.88 Å². The molecule has 0 spiro atoms. The Morgan fingerprint density at radius 3 is 2.95 bits per heavy atom. The monoisotopic (exact) mass is 280 g/mol. The number of nitrogens with one attached hydrogen (secondary N) is 1. The Morgan fingerprint density at radius 1 is 1.32 bits per heavy atom. The average molecular weight is 281 g/mol. The van der Waals surface area contributed by atoms with Crippen LogP contribution in [0.5, 0.6) is 0 Å². The molecule has 0 saturated carbocycles. The van der Waals surface area contributed by atoms with E-state index in [1.54, 1.807) is 12.1 Å². The Balaban J connectivity index is 2.01. The SMILES string of the molecule is CCCNCc1ccn(Cc2cc(Cl)ccc2F)c1. The van der Waals surface area contributed by atoms with Crippen molar-refractivity contribution >= 4 is 11.6 Å². The molecule has 0 aliphatic rings. The normalized spacial score (nSPS) is 10.9. The van der Waals surface area contributed by atoms with Crippen molar-refractivity contribution in [2.24, 2.45) is 0 Å². The van der Waals surface area contributed by atoms with Gasteiger partial charge in [0.15, 0.2) is 0 Å². The van der Waals surface area contributed by atoms with Gasteiger partial charge in [-0.15, -0.1) is 0 Å². The molecule has 0 fully saturated rings. The predicted molar refractivity (Wildman–Crippen MR) is 76.9 cm³/mol. The summed E-state index contributed by atoms with van der Waals surface area (Å²) in [5.41, 5.74) is 1.81. The van der Waals surface area contributed by atoms with E-state index in [1.165, 1.54) is 11.6 Å².